The number of nitrogens with one attached hydrogen (secondary N) is 3. The molecule has 12 heteroatoms. The fraction of sp³-hybridized carbons (Fsp3) is 0.0800. The zero-order chi connectivity index (χ0) is 26.6. The van der Waals surface area contributed by atoms with E-state index in [9.17, 15) is 18.2 Å². The van der Waals surface area contributed by atoms with E-state index in [2.05, 4.69) is 31.2 Å². The molecule has 0 aliphatic rings. The highest BCUT2D eigenvalue weighted by Crippen LogP contribution is 2.34. The lowest BCUT2D eigenvalue weighted by molar-refractivity contribution is 0.0957. The number of thiazole rings is 1. The third-order valence-electron chi connectivity index (χ3n) is 4.79. The number of carbonyl (C=O) groups is 2. The molecule has 1 unspecified atom stereocenters. The number of pyridine rings is 1. The summed E-state index contributed by atoms with van der Waals surface area (Å²) in [6.45, 7) is 0. The van der Waals surface area contributed by atoms with Gasteiger partial charge in [0, 0.05) is 41.0 Å². The van der Waals surface area contributed by atoms with E-state index in [1.165, 1.54) is 49.8 Å². The molecular weight excluding hydrogens is 517 g/mol. The number of benzene rings is 2. The number of carbonyl (C=O) groups excluding carboxylic acids is 2. The SMILES string of the molecule is C=S(C)(=O)Nc1nc(C(=O)Nc2ccc(Oc3ccnc(C(=O)NC)c3)cc2)c(-c2ccc(F)cc2)s1. The van der Waals surface area contributed by atoms with Crippen molar-refractivity contribution in [2.75, 3.05) is 23.3 Å². The Kier molecular flexibility index (Phi) is 7.50. The second kappa shape index (κ2) is 10.8. The minimum Gasteiger partial charge on any atom is -0.457 e. The zero-order valence-electron chi connectivity index (χ0n) is 19.8. The number of hydrogen-bond acceptors (Lipinski definition) is 7. The van der Waals surface area contributed by atoms with Crippen LogP contribution in [0.2, 0.25) is 0 Å². The fourth-order valence-corrected chi connectivity index (χ4v) is 5.09. The molecule has 0 aliphatic heterocycles. The molecule has 190 valence electrons. The van der Waals surface area contributed by atoms with Gasteiger partial charge in [-0.3, -0.25) is 19.3 Å². The molecule has 37 heavy (non-hydrogen) atoms. The number of amides is 2. The van der Waals surface area contributed by atoms with Gasteiger partial charge in [0.15, 0.2) is 5.13 Å². The molecule has 9 nitrogen and oxygen atoms in total. The van der Waals surface area contributed by atoms with Crippen molar-refractivity contribution in [2.24, 2.45) is 0 Å². The van der Waals surface area contributed by atoms with Gasteiger partial charge in [-0.15, -0.1) is 0 Å². The molecule has 1 atom stereocenters. The van der Waals surface area contributed by atoms with Crippen LogP contribution in [0, 0.1) is 5.82 Å². The van der Waals surface area contributed by atoms with Crippen LogP contribution in [0.5, 0.6) is 11.5 Å². The molecule has 4 rings (SSSR count). The Hall–Kier alpha value is -4.29. The lowest BCUT2D eigenvalue weighted by Crippen LogP contribution is -2.18. The maximum absolute atomic E-state index is 13.4. The number of hydrogen-bond donors (Lipinski definition) is 3. The number of rotatable bonds is 8. The Bertz CT molecular complexity index is 1550. The Morgan fingerprint density at radius 3 is 2.38 bits per heavy atom. The molecular formula is C25H22FN5O4S2. The van der Waals surface area contributed by atoms with E-state index >= 15 is 0 Å². The van der Waals surface area contributed by atoms with Crippen molar-refractivity contribution in [3.63, 3.8) is 0 Å². The molecule has 0 fully saturated rings. The van der Waals surface area contributed by atoms with Crippen LogP contribution in [0.25, 0.3) is 10.4 Å². The minimum absolute atomic E-state index is 0.0848. The highest BCUT2D eigenvalue weighted by molar-refractivity contribution is 8.01. The van der Waals surface area contributed by atoms with Crippen molar-refractivity contribution >= 4 is 49.5 Å². The van der Waals surface area contributed by atoms with Gasteiger partial charge in [0.1, 0.15) is 28.7 Å². The largest absolute Gasteiger partial charge is 0.457 e. The summed E-state index contributed by atoms with van der Waals surface area (Å²) in [5.41, 5.74) is 1.36. The van der Waals surface area contributed by atoms with Gasteiger partial charge in [0.05, 0.1) is 4.88 Å². The van der Waals surface area contributed by atoms with Crippen molar-refractivity contribution in [1.29, 1.82) is 0 Å². The van der Waals surface area contributed by atoms with E-state index in [1.54, 1.807) is 30.3 Å². The van der Waals surface area contributed by atoms with Gasteiger partial charge >= 0.3 is 0 Å². The summed E-state index contributed by atoms with van der Waals surface area (Å²) in [7, 11) is -1.11. The molecule has 2 amide bonds. The number of aromatic nitrogens is 2. The predicted octanol–water partition coefficient (Wildman–Crippen LogP) is 4.42. The molecule has 2 heterocycles. The van der Waals surface area contributed by atoms with Gasteiger partial charge in [-0.25, -0.2) is 13.6 Å². The lowest BCUT2D eigenvalue weighted by Gasteiger charge is -2.09. The lowest BCUT2D eigenvalue weighted by atomic mass is 10.1. The summed E-state index contributed by atoms with van der Waals surface area (Å²) in [5, 5.41) is 5.53. The molecule has 0 bridgehead atoms. The molecule has 2 aromatic carbocycles. The van der Waals surface area contributed by atoms with Crippen LogP contribution in [0.4, 0.5) is 15.2 Å². The average Bonchev–Trinajstić information content (AvgIpc) is 3.27. The van der Waals surface area contributed by atoms with Gasteiger partial charge < -0.3 is 15.4 Å². The maximum atomic E-state index is 13.4. The monoisotopic (exact) mass is 539 g/mol. The van der Waals surface area contributed by atoms with Gasteiger partial charge in [-0.2, -0.15) is 0 Å². The van der Waals surface area contributed by atoms with E-state index in [0.29, 0.717) is 27.6 Å². The first-order valence-corrected chi connectivity index (χ1v) is 13.7. The quantitative estimate of drug-likeness (QED) is 0.285. The van der Waals surface area contributed by atoms with Gasteiger partial charge in [0.2, 0.25) is 0 Å². The van der Waals surface area contributed by atoms with E-state index in [0.717, 1.165) is 11.3 Å². The maximum Gasteiger partial charge on any atom is 0.275 e. The van der Waals surface area contributed by atoms with Crippen LogP contribution < -0.4 is 20.1 Å². The third-order valence-corrected chi connectivity index (χ3v) is 6.57. The molecule has 2 aromatic heterocycles. The molecule has 0 radical (unpaired) electrons. The summed E-state index contributed by atoms with van der Waals surface area (Å²) < 4.78 is 34.0. The summed E-state index contributed by atoms with van der Waals surface area (Å²) in [5.74, 6) is 3.21. The first-order valence-electron chi connectivity index (χ1n) is 10.8. The molecule has 0 saturated carbocycles. The smallest absolute Gasteiger partial charge is 0.275 e. The van der Waals surface area contributed by atoms with E-state index in [-0.39, 0.29) is 22.4 Å². The molecule has 0 aliphatic carbocycles. The highest BCUT2D eigenvalue weighted by Gasteiger charge is 2.21. The van der Waals surface area contributed by atoms with Crippen molar-refractivity contribution in [3.8, 4) is 21.9 Å². The summed E-state index contributed by atoms with van der Waals surface area (Å²) >= 11 is 1.11. The summed E-state index contributed by atoms with van der Waals surface area (Å²) in [6.07, 6.45) is 2.89. The molecule has 3 N–H and O–H groups in total. The highest BCUT2D eigenvalue weighted by atomic mass is 32.2. The molecule has 4 aromatic rings. The Labute approximate surface area is 216 Å². The second-order valence-electron chi connectivity index (χ2n) is 7.85. The Morgan fingerprint density at radius 2 is 1.73 bits per heavy atom. The van der Waals surface area contributed by atoms with Crippen LogP contribution in [0.1, 0.15) is 21.0 Å². The number of ether oxygens (including phenoxy) is 1. The van der Waals surface area contributed by atoms with E-state index in [1.807, 2.05) is 0 Å². The Morgan fingerprint density at radius 1 is 1.03 bits per heavy atom. The third kappa shape index (κ3) is 6.68. The van der Waals surface area contributed by atoms with Crippen LogP contribution >= 0.6 is 11.3 Å². The molecule has 0 saturated heterocycles. The summed E-state index contributed by atoms with van der Waals surface area (Å²) in [4.78, 5) is 33.7. The topological polar surface area (TPSA) is 122 Å². The second-order valence-corrected chi connectivity index (χ2v) is 11.1. The standard InChI is InChI=1S/C25H22FN5O4S2/c1-27-23(32)20-14-19(12-13-28-20)35-18-10-8-17(9-11-18)29-24(33)21-22(15-4-6-16(26)7-5-15)36-25(30-21)31-37(2,3)34/h4-14H,2H2,1,3H3,(H,27,32)(H,29,33)(H,30,31,34). The first-order chi connectivity index (χ1) is 17.6. The summed E-state index contributed by atoms with van der Waals surface area (Å²) in [6, 6.07) is 15.4. The number of anilines is 2. The average molecular weight is 540 g/mol. The number of nitrogens with zero attached hydrogens (tertiary/aromatic N) is 2. The first kappa shape index (κ1) is 25.8. The fourth-order valence-electron chi connectivity index (χ4n) is 3.16. The van der Waals surface area contributed by atoms with Gasteiger partial charge in [-0.05, 0) is 53.9 Å². The van der Waals surface area contributed by atoms with Crippen LogP contribution in [-0.4, -0.2) is 45.2 Å². The normalized spacial score (nSPS) is 12.3. The van der Waals surface area contributed by atoms with Crippen LogP contribution in [0.15, 0.2) is 66.9 Å². The van der Waals surface area contributed by atoms with E-state index in [4.69, 9.17) is 4.74 Å². The Balaban J connectivity index is 1.53. The molecule has 0 spiro atoms. The minimum atomic E-state index is -2.63. The van der Waals surface area contributed by atoms with Gasteiger partial charge in [0.25, 0.3) is 11.8 Å². The van der Waals surface area contributed by atoms with Crippen molar-refractivity contribution in [2.45, 2.75) is 0 Å². The number of halogens is 1. The van der Waals surface area contributed by atoms with Gasteiger partial charge in [-0.1, -0.05) is 23.5 Å². The van der Waals surface area contributed by atoms with Crippen LogP contribution in [-0.2, 0) is 9.71 Å². The zero-order valence-corrected chi connectivity index (χ0v) is 21.4. The van der Waals surface area contributed by atoms with Crippen LogP contribution in [0.3, 0.4) is 0 Å². The van der Waals surface area contributed by atoms with Crippen molar-refractivity contribution < 1.29 is 22.9 Å². The van der Waals surface area contributed by atoms with E-state index < -0.39 is 21.4 Å². The van der Waals surface area contributed by atoms with Crippen molar-refractivity contribution in [1.82, 2.24) is 15.3 Å². The predicted molar refractivity (Wildman–Crippen MR) is 144 cm³/mol. The van der Waals surface area contributed by atoms with Crippen molar-refractivity contribution in [3.05, 3.63) is 84.1 Å².